The van der Waals surface area contributed by atoms with Crippen molar-refractivity contribution in [1.29, 1.82) is 0 Å². The van der Waals surface area contributed by atoms with E-state index in [1.165, 1.54) is 0 Å². The molecule has 1 aromatic carbocycles. The van der Waals surface area contributed by atoms with Gasteiger partial charge < -0.3 is 15.2 Å². The highest BCUT2D eigenvalue weighted by Gasteiger charge is 2.11. The number of hydrogen-bond donors (Lipinski definition) is 2. The highest BCUT2D eigenvalue weighted by Crippen LogP contribution is 2.21. The average molecular weight is 377 g/mol. The van der Waals surface area contributed by atoms with Gasteiger partial charge in [-0.05, 0) is 25.0 Å². The van der Waals surface area contributed by atoms with Crippen LogP contribution in [0.5, 0.6) is 0 Å². The summed E-state index contributed by atoms with van der Waals surface area (Å²) in [6.07, 6.45) is 4.84. The van der Waals surface area contributed by atoms with E-state index in [-0.39, 0.29) is 6.04 Å². The molecule has 0 saturated carbocycles. The van der Waals surface area contributed by atoms with Gasteiger partial charge in [-0.2, -0.15) is 0 Å². The molecular weight excluding hydrogens is 348 g/mol. The van der Waals surface area contributed by atoms with Gasteiger partial charge in [0.2, 0.25) is 0 Å². The Balaban J connectivity index is 1.97. The molecule has 2 aromatic rings. The smallest absolute Gasteiger partial charge is 0.191 e. The van der Waals surface area contributed by atoms with Crippen LogP contribution in [0.15, 0.2) is 35.6 Å². The lowest BCUT2D eigenvalue weighted by Crippen LogP contribution is -2.40. The van der Waals surface area contributed by atoms with Gasteiger partial charge in [-0.15, -0.1) is 10.2 Å². The predicted molar refractivity (Wildman–Crippen MR) is 108 cm³/mol. The molecule has 0 saturated heterocycles. The fraction of sp³-hybridized carbons (Fsp3) is 0.526. The summed E-state index contributed by atoms with van der Waals surface area (Å²) >= 11 is 6.32. The molecule has 0 fully saturated rings. The topological polar surface area (TPSA) is 67.1 Å². The number of nitrogens with one attached hydrogen (secondary N) is 2. The first-order valence-corrected chi connectivity index (χ1v) is 9.69. The first-order chi connectivity index (χ1) is 12.7. The number of aliphatic imine (C=N–C) groups is 1. The van der Waals surface area contributed by atoms with E-state index in [2.05, 4.69) is 51.2 Å². The highest BCUT2D eigenvalue weighted by molar-refractivity contribution is 6.31. The van der Waals surface area contributed by atoms with E-state index in [1.54, 1.807) is 6.33 Å². The van der Waals surface area contributed by atoms with Gasteiger partial charge in [-0.3, -0.25) is 4.99 Å². The van der Waals surface area contributed by atoms with Gasteiger partial charge in [-0.25, -0.2) is 0 Å². The highest BCUT2D eigenvalue weighted by atomic mass is 35.5. The number of rotatable bonds is 9. The van der Waals surface area contributed by atoms with E-state index < -0.39 is 0 Å². The van der Waals surface area contributed by atoms with Crippen molar-refractivity contribution in [1.82, 2.24) is 25.4 Å². The molecule has 0 aliphatic heterocycles. The monoisotopic (exact) mass is 376 g/mol. The zero-order chi connectivity index (χ0) is 18.8. The van der Waals surface area contributed by atoms with Gasteiger partial charge in [0.25, 0.3) is 0 Å². The Morgan fingerprint density at radius 1 is 1.31 bits per heavy atom. The van der Waals surface area contributed by atoms with Gasteiger partial charge in [0, 0.05) is 31.1 Å². The molecule has 0 spiro atoms. The molecule has 0 radical (unpaired) electrons. The van der Waals surface area contributed by atoms with Crippen molar-refractivity contribution in [3.63, 3.8) is 0 Å². The Labute approximate surface area is 161 Å². The van der Waals surface area contributed by atoms with Crippen LogP contribution in [0.1, 0.15) is 51.0 Å². The Morgan fingerprint density at radius 2 is 2.12 bits per heavy atom. The van der Waals surface area contributed by atoms with Crippen LogP contribution >= 0.6 is 11.6 Å². The summed E-state index contributed by atoms with van der Waals surface area (Å²) in [5.74, 6) is 1.80. The maximum absolute atomic E-state index is 6.32. The summed E-state index contributed by atoms with van der Waals surface area (Å²) in [5, 5.41) is 15.7. The zero-order valence-electron chi connectivity index (χ0n) is 15.9. The van der Waals surface area contributed by atoms with Crippen LogP contribution < -0.4 is 10.6 Å². The molecule has 1 unspecified atom stereocenters. The molecule has 1 heterocycles. The van der Waals surface area contributed by atoms with Crippen molar-refractivity contribution >= 4 is 17.6 Å². The van der Waals surface area contributed by atoms with Crippen LogP contribution in [0, 0.1) is 0 Å². The lowest BCUT2D eigenvalue weighted by molar-refractivity contribution is 0.618. The quantitative estimate of drug-likeness (QED) is 0.398. The number of nitrogens with zero attached hydrogens (tertiary/aromatic N) is 4. The summed E-state index contributed by atoms with van der Waals surface area (Å²) < 4.78 is 2.06. The fourth-order valence-corrected chi connectivity index (χ4v) is 2.94. The minimum atomic E-state index is 0.0673. The van der Waals surface area contributed by atoms with Gasteiger partial charge in [0.1, 0.15) is 12.2 Å². The van der Waals surface area contributed by atoms with Gasteiger partial charge in [0.15, 0.2) is 5.96 Å². The number of halogens is 1. The van der Waals surface area contributed by atoms with E-state index in [4.69, 9.17) is 11.6 Å². The van der Waals surface area contributed by atoms with Crippen LogP contribution in [-0.4, -0.2) is 33.8 Å². The largest absolute Gasteiger partial charge is 0.355 e. The van der Waals surface area contributed by atoms with Crippen molar-refractivity contribution < 1.29 is 0 Å². The maximum atomic E-state index is 6.32. The van der Waals surface area contributed by atoms with Crippen LogP contribution in [0.3, 0.4) is 0 Å². The van der Waals surface area contributed by atoms with Gasteiger partial charge >= 0.3 is 0 Å². The van der Waals surface area contributed by atoms with Crippen molar-refractivity contribution in [2.24, 2.45) is 4.99 Å². The van der Waals surface area contributed by atoms with Crippen molar-refractivity contribution in [3.8, 4) is 0 Å². The molecule has 7 heteroatoms. The number of unbranched alkanes of at least 4 members (excludes halogenated alkanes) is 1. The average Bonchev–Trinajstić information content (AvgIpc) is 3.09. The van der Waals surface area contributed by atoms with Crippen LogP contribution in [0.4, 0.5) is 0 Å². The lowest BCUT2D eigenvalue weighted by Gasteiger charge is -2.20. The van der Waals surface area contributed by atoms with Gasteiger partial charge in [-0.1, -0.05) is 50.1 Å². The molecule has 1 aromatic heterocycles. The SMILES string of the molecule is CCCCN=C(NCCn1cnnc1CC)NC(C)c1ccccc1Cl. The van der Waals surface area contributed by atoms with Crippen LogP contribution in [0.2, 0.25) is 5.02 Å². The van der Waals surface area contributed by atoms with E-state index in [1.807, 2.05) is 24.3 Å². The van der Waals surface area contributed by atoms with Crippen molar-refractivity contribution in [2.75, 3.05) is 13.1 Å². The second-order valence-corrected chi connectivity index (χ2v) is 6.60. The molecular formula is C19H29ClN6. The number of guanidine groups is 1. The number of hydrogen-bond acceptors (Lipinski definition) is 3. The standard InChI is InChI=1S/C19H29ClN6/c1-4-6-11-21-19(22-12-13-26-14-23-25-18(26)5-2)24-15(3)16-9-7-8-10-17(16)20/h7-10,14-15H,4-6,11-13H2,1-3H3,(H2,21,22,24). The van der Waals surface area contributed by atoms with Crippen LogP contribution in [0.25, 0.3) is 0 Å². The molecule has 0 aliphatic carbocycles. The van der Waals surface area contributed by atoms with E-state index in [0.717, 1.165) is 61.3 Å². The summed E-state index contributed by atoms with van der Waals surface area (Å²) in [7, 11) is 0. The molecule has 0 amide bonds. The van der Waals surface area contributed by atoms with Gasteiger partial charge in [0.05, 0.1) is 6.04 Å². The summed E-state index contributed by atoms with van der Waals surface area (Å²) in [6, 6.07) is 7.96. The number of benzene rings is 1. The third kappa shape index (κ3) is 6.02. The van der Waals surface area contributed by atoms with E-state index >= 15 is 0 Å². The number of aromatic nitrogens is 3. The maximum Gasteiger partial charge on any atom is 0.191 e. The van der Waals surface area contributed by atoms with Crippen molar-refractivity contribution in [2.45, 2.75) is 52.6 Å². The molecule has 1 atom stereocenters. The minimum Gasteiger partial charge on any atom is -0.355 e. The van der Waals surface area contributed by atoms with E-state index in [0.29, 0.717) is 0 Å². The summed E-state index contributed by atoms with van der Waals surface area (Å²) in [4.78, 5) is 4.68. The Hall–Kier alpha value is -2.08. The predicted octanol–water partition coefficient (Wildman–Crippen LogP) is 3.59. The van der Waals surface area contributed by atoms with Crippen LogP contribution in [-0.2, 0) is 13.0 Å². The first kappa shape index (κ1) is 20.2. The normalized spacial score (nSPS) is 12.8. The minimum absolute atomic E-state index is 0.0673. The molecule has 2 rings (SSSR count). The second-order valence-electron chi connectivity index (χ2n) is 6.19. The summed E-state index contributed by atoms with van der Waals surface area (Å²) in [5.41, 5.74) is 1.06. The molecule has 0 bridgehead atoms. The summed E-state index contributed by atoms with van der Waals surface area (Å²) in [6.45, 7) is 8.68. The molecule has 6 nitrogen and oxygen atoms in total. The van der Waals surface area contributed by atoms with E-state index in [9.17, 15) is 0 Å². The third-order valence-electron chi connectivity index (χ3n) is 4.16. The molecule has 142 valence electrons. The third-order valence-corrected chi connectivity index (χ3v) is 4.51. The molecule has 0 aliphatic rings. The Bertz CT molecular complexity index is 697. The molecule has 2 N–H and O–H groups in total. The Kier molecular flexibility index (Phi) is 8.41. The molecule has 26 heavy (non-hydrogen) atoms. The fourth-order valence-electron chi connectivity index (χ4n) is 2.64. The van der Waals surface area contributed by atoms with Crippen molar-refractivity contribution in [3.05, 3.63) is 47.0 Å². The number of aryl methyl sites for hydroxylation is 1. The second kappa shape index (κ2) is 10.8. The first-order valence-electron chi connectivity index (χ1n) is 9.31. The zero-order valence-corrected chi connectivity index (χ0v) is 16.6. The Morgan fingerprint density at radius 3 is 2.85 bits per heavy atom. The lowest BCUT2D eigenvalue weighted by atomic mass is 10.1.